The predicted octanol–water partition coefficient (Wildman–Crippen LogP) is 1.11. The topological polar surface area (TPSA) is 33.7 Å². The van der Waals surface area contributed by atoms with Gasteiger partial charge in [-0.2, -0.15) is 0 Å². The first-order valence-corrected chi connectivity index (χ1v) is 6.87. The lowest BCUT2D eigenvalue weighted by molar-refractivity contribution is 0.0359. The summed E-state index contributed by atoms with van der Waals surface area (Å²) in [6.45, 7) is 10.2. The number of nitrogens with zero attached hydrogens (tertiary/aromatic N) is 1. The molecule has 1 fully saturated rings. The van der Waals surface area contributed by atoms with Gasteiger partial charge in [0.25, 0.3) is 0 Å². The minimum Gasteiger partial charge on any atom is -0.383 e. The highest BCUT2D eigenvalue weighted by Crippen LogP contribution is 2.14. The van der Waals surface area contributed by atoms with Crippen molar-refractivity contribution in [2.75, 3.05) is 46.5 Å². The number of likely N-dealkylation sites (N-methyl/N-ethyl adjacent to an activating group) is 2. The first kappa shape index (κ1) is 14.9. The summed E-state index contributed by atoms with van der Waals surface area (Å²) in [4.78, 5) is 2.47. The van der Waals surface area contributed by atoms with Gasteiger partial charge in [-0.25, -0.2) is 0 Å². The lowest BCUT2D eigenvalue weighted by atomic mass is 10.2. The lowest BCUT2D eigenvalue weighted by Gasteiger charge is -2.32. The average Bonchev–Trinajstić information content (AvgIpc) is 2.84. The van der Waals surface area contributed by atoms with E-state index >= 15 is 0 Å². The van der Waals surface area contributed by atoms with Crippen LogP contribution >= 0.6 is 0 Å². The highest BCUT2D eigenvalue weighted by Gasteiger charge is 2.23. The number of rotatable bonds is 9. The molecule has 2 atom stereocenters. The van der Waals surface area contributed by atoms with E-state index in [0.29, 0.717) is 12.1 Å². The monoisotopic (exact) mass is 244 g/mol. The molecule has 1 heterocycles. The van der Waals surface area contributed by atoms with Crippen molar-refractivity contribution in [1.82, 2.24) is 10.2 Å². The second kappa shape index (κ2) is 8.86. The van der Waals surface area contributed by atoms with Crippen molar-refractivity contribution in [3.63, 3.8) is 0 Å². The Morgan fingerprint density at radius 3 is 2.82 bits per heavy atom. The molecule has 0 aromatic heterocycles. The van der Waals surface area contributed by atoms with Crippen molar-refractivity contribution in [2.45, 2.75) is 38.8 Å². The molecule has 0 aliphatic carbocycles. The van der Waals surface area contributed by atoms with Crippen molar-refractivity contribution in [1.29, 1.82) is 0 Å². The van der Waals surface area contributed by atoms with Gasteiger partial charge in [-0.1, -0.05) is 13.8 Å². The minimum absolute atomic E-state index is 0.427. The Hall–Kier alpha value is -0.160. The first-order chi connectivity index (χ1) is 8.31. The van der Waals surface area contributed by atoms with E-state index in [0.717, 1.165) is 39.4 Å². The van der Waals surface area contributed by atoms with Crippen LogP contribution in [0.25, 0.3) is 0 Å². The zero-order chi connectivity index (χ0) is 12.5. The molecule has 4 heteroatoms. The molecule has 0 aromatic carbocycles. The standard InChI is InChI=1S/C13H28N2O2/c1-4-14-9-12(11-16-3)15(5-2)10-13-7-6-8-17-13/h12-14H,4-11H2,1-3H3. The van der Waals surface area contributed by atoms with E-state index in [1.807, 2.05) is 0 Å². The van der Waals surface area contributed by atoms with Crippen LogP contribution in [0.15, 0.2) is 0 Å². The summed E-state index contributed by atoms with van der Waals surface area (Å²) in [5.74, 6) is 0. The highest BCUT2D eigenvalue weighted by molar-refractivity contribution is 4.77. The largest absolute Gasteiger partial charge is 0.383 e. The summed E-state index contributed by atoms with van der Waals surface area (Å²) in [7, 11) is 1.78. The van der Waals surface area contributed by atoms with Gasteiger partial charge in [-0.05, 0) is 25.9 Å². The molecule has 1 saturated heterocycles. The van der Waals surface area contributed by atoms with Gasteiger partial charge >= 0.3 is 0 Å². The molecule has 2 unspecified atom stereocenters. The average molecular weight is 244 g/mol. The maximum absolute atomic E-state index is 5.72. The van der Waals surface area contributed by atoms with Gasteiger partial charge in [0.15, 0.2) is 0 Å². The van der Waals surface area contributed by atoms with E-state index in [1.165, 1.54) is 12.8 Å². The summed E-state index contributed by atoms with van der Waals surface area (Å²) in [5, 5.41) is 3.41. The Labute approximate surface area is 106 Å². The molecule has 1 N–H and O–H groups in total. The van der Waals surface area contributed by atoms with Gasteiger partial charge in [0, 0.05) is 32.8 Å². The lowest BCUT2D eigenvalue weighted by Crippen LogP contribution is -2.47. The molecule has 0 aromatic rings. The Morgan fingerprint density at radius 2 is 2.29 bits per heavy atom. The molecule has 1 rings (SSSR count). The molecule has 0 saturated carbocycles. The third-order valence-electron chi connectivity index (χ3n) is 3.37. The van der Waals surface area contributed by atoms with Crippen LogP contribution in [0.3, 0.4) is 0 Å². The summed E-state index contributed by atoms with van der Waals surface area (Å²) in [5.41, 5.74) is 0. The van der Waals surface area contributed by atoms with Gasteiger partial charge < -0.3 is 14.8 Å². The normalized spacial score (nSPS) is 22.2. The SMILES string of the molecule is CCNCC(COC)N(CC)CC1CCCO1. The Balaban J connectivity index is 2.40. The molecule has 17 heavy (non-hydrogen) atoms. The van der Waals surface area contributed by atoms with E-state index in [2.05, 4.69) is 24.1 Å². The van der Waals surface area contributed by atoms with Crippen LogP contribution in [0.5, 0.6) is 0 Å². The second-order valence-electron chi connectivity index (χ2n) is 4.64. The molecule has 0 bridgehead atoms. The fourth-order valence-electron chi connectivity index (χ4n) is 2.38. The molecular weight excluding hydrogens is 216 g/mol. The summed E-state index contributed by atoms with van der Waals surface area (Å²) >= 11 is 0. The highest BCUT2D eigenvalue weighted by atomic mass is 16.5. The van der Waals surface area contributed by atoms with Gasteiger partial charge in [0.05, 0.1) is 12.7 Å². The van der Waals surface area contributed by atoms with Crippen LogP contribution in [0.4, 0.5) is 0 Å². The van der Waals surface area contributed by atoms with E-state index in [1.54, 1.807) is 7.11 Å². The van der Waals surface area contributed by atoms with Gasteiger partial charge in [-0.3, -0.25) is 4.90 Å². The van der Waals surface area contributed by atoms with Crippen molar-refractivity contribution < 1.29 is 9.47 Å². The van der Waals surface area contributed by atoms with Crippen LogP contribution < -0.4 is 5.32 Å². The predicted molar refractivity (Wildman–Crippen MR) is 70.4 cm³/mol. The van der Waals surface area contributed by atoms with E-state index < -0.39 is 0 Å². The van der Waals surface area contributed by atoms with E-state index in [-0.39, 0.29) is 0 Å². The number of methoxy groups -OCH3 is 1. The van der Waals surface area contributed by atoms with Crippen LogP contribution in [0.1, 0.15) is 26.7 Å². The fourth-order valence-corrected chi connectivity index (χ4v) is 2.38. The third kappa shape index (κ3) is 5.34. The van der Waals surface area contributed by atoms with Crippen LogP contribution in [0.2, 0.25) is 0 Å². The molecule has 0 radical (unpaired) electrons. The quantitative estimate of drug-likeness (QED) is 0.659. The van der Waals surface area contributed by atoms with Gasteiger partial charge in [-0.15, -0.1) is 0 Å². The fraction of sp³-hybridized carbons (Fsp3) is 1.00. The first-order valence-electron chi connectivity index (χ1n) is 6.87. The summed E-state index contributed by atoms with van der Waals surface area (Å²) < 4.78 is 11.0. The maximum atomic E-state index is 5.72. The molecule has 0 amide bonds. The molecule has 1 aliphatic heterocycles. The molecule has 4 nitrogen and oxygen atoms in total. The van der Waals surface area contributed by atoms with Gasteiger partial charge in [0.1, 0.15) is 0 Å². The van der Waals surface area contributed by atoms with Crippen molar-refractivity contribution >= 4 is 0 Å². The van der Waals surface area contributed by atoms with Crippen molar-refractivity contribution in [3.8, 4) is 0 Å². The van der Waals surface area contributed by atoms with Crippen molar-refractivity contribution in [2.24, 2.45) is 0 Å². The third-order valence-corrected chi connectivity index (χ3v) is 3.37. The number of nitrogens with one attached hydrogen (secondary N) is 1. The summed E-state index contributed by atoms with van der Waals surface area (Å²) in [6, 6.07) is 0.453. The van der Waals surface area contributed by atoms with E-state index in [4.69, 9.17) is 9.47 Å². The Morgan fingerprint density at radius 1 is 1.47 bits per heavy atom. The molecule has 102 valence electrons. The smallest absolute Gasteiger partial charge is 0.0702 e. The van der Waals surface area contributed by atoms with E-state index in [9.17, 15) is 0 Å². The zero-order valence-corrected chi connectivity index (χ0v) is 11.6. The minimum atomic E-state index is 0.427. The molecule has 0 spiro atoms. The number of hydrogen-bond acceptors (Lipinski definition) is 4. The van der Waals surface area contributed by atoms with Crippen LogP contribution in [-0.2, 0) is 9.47 Å². The van der Waals surface area contributed by atoms with Crippen LogP contribution in [0, 0.1) is 0 Å². The van der Waals surface area contributed by atoms with Crippen molar-refractivity contribution in [3.05, 3.63) is 0 Å². The second-order valence-corrected chi connectivity index (χ2v) is 4.64. The summed E-state index contributed by atoms with van der Waals surface area (Å²) in [6.07, 6.45) is 2.85. The molecular formula is C13H28N2O2. The zero-order valence-electron chi connectivity index (χ0n) is 11.6. The van der Waals surface area contributed by atoms with Gasteiger partial charge in [0.2, 0.25) is 0 Å². The van der Waals surface area contributed by atoms with Crippen LogP contribution in [-0.4, -0.2) is 63.5 Å². The Kier molecular flexibility index (Phi) is 7.77. The molecule has 1 aliphatic rings. The number of hydrogen-bond donors (Lipinski definition) is 1. The maximum Gasteiger partial charge on any atom is 0.0702 e. The Bertz CT molecular complexity index is 184. The number of ether oxygens (including phenoxy) is 2.